The number of halogens is 1. The number of amides is 1. The largest absolute Gasteiger partial charge is 0.452 e. The summed E-state index contributed by atoms with van der Waals surface area (Å²) in [7, 11) is 0. The van der Waals surface area contributed by atoms with Gasteiger partial charge in [-0.15, -0.1) is 11.3 Å². The van der Waals surface area contributed by atoms with E-state index in [0.717, 1.165) is 10.4 Å². The smallest absolute Gasteiger partial charge is 0.331 e. The summed E-state index contributed by atoms with van der Waals surface area (Å²) in [6.45, 7) is 0.0240. The molecule has 1 amide bonds. The van der Waals surface area contributed by atoms with Crippen LogP contribution in [0.15, 0.2) is 47.9 Å². The van der Waals surface area contributed by atoms with Gasteiger partial charge in [0.05, 0.1) is 0 Å². The van der Waals surface area contributed by atoms with E-state index in [4.69, 9.17) is 16.3 Å². The van der Waals surface area contributed by atoms with Crippen LogP contribution in [0.4, 0.5) is 0 Å². The number of carbonyl (C=O) groups excluding carboxylic acids is 2. The van der Waals surface area contributed by atoms with Crippen molar-refractivity contribution in [3.8, 4) is 0 Å². The normalized spacial score (nSPS) is 10.6. The summed E-state index contributed by atoms with van der Waals surface area (Å²) in [5.74, 6) is -0.913. The maximum atomic E-state index is 11.6. The second kappa shape index (κ2) is 8.36. The Labute approximate surface area is 137 Å². The van der Waals surface area contributed by atoms with Crippen LogP contribution in [0.5, 0.6) is 0 Å². The van der Waals surface area contributed by atoms with Crippen LogP contribution in [0.3, 0.4) is 0 Å². The molecule has 114 valence electrons. The van der Waals surface area contributed by atoms with E-state index in [1.54, 1.807) is 24.3 Å². The zero-order valence-corrected chi connectivity index (χ0v) is 13.2. The molecule has 1 aromatic carbocycles. The monoisotopic (exact) mass is 335 g/mol. The van der Waals surface area contributed by atoms with Crippen LogP contribution in [0.1, 0.15) is 10.4 Å². The van der Waals surface area contributed by atoms with Crippen LogP contribution in [0.25, 0.3) is 6.08 Å². The zero-order chi connectivity index (χ0) is 15.8. The molecule has 0 atom stereocenters. The van der Waals surface area contributed by atoms with Crippen LogP contribution >= 0.6 is 22.9 Å². The Morgan fingerprint density at radius 3 is 2.86 bits per heavy atom. The highest BCUT2D eigenvalue weighted by molar-refractivity contribution is 7.10. The Hall–Kier alpha value is -2.11. The number of esters is 1. The van der Waals surface area contributed by atoms with Crippen molar-refractivity contribution in [2.45, 2.75) is 6.54 Å². The minimum atomic E-state index is -0.550. The highest BCUT2D eigenvalue weighted by Gasteiger charge is 2.05. The average molecular weight is 336 g/mol. The fourth-order valence-electron chi connectivity index (χ4n) is 1.62. The third-order valence-electron chi connectivity index (χ3n) is 2.65. The highest BCUT2D eigenvalue weighted by Crippen LogP contribution is 2.11. The van der Waals surface area contributed by atoms with Crippen molar-refractivity contribution in [3.05, 3.63) is 63.3 Å². The lowest BCUT2D eigenvalue weighted by Gasteiger charge is -2.05. The van der Waals surface area contributed by atoms with Crippen LogP contribution in [0.2, 0.25) is 5.02 Å². The molecule has 0 saturated heterocycles. The molecule has 2 aromatic rings. The lowest BCUT2D eigenvalue weighted by Crippen LogP contribution is -2.28. The number of hydrogen-bond donors (Lipinski definition) is 1. The fourth-order valence-corrected chi connectivity index (χ4v) is 2.45. The zero-order valence-electron chi connectivity index (χ0n) is 11.6. The molecular formula is C16H14ClNO3S. The second-order valence-electron chi connectivity index (χ2n) is 4.36. The minimum Gasteiger partial charge on any atom is -0.452 e. The average Bonchev–Trinajstić information content (AvgIpc) is 3.02. The molecule has 0 bridgehead atoms. The van der Waals surface area contributed by atoms with E-state index >= 15 is 0 Å². The van der Waals surface area contributed by atoms with Gasteiger partial charge in [0, 0.05) is 22.5 Å². The van der Waals surface area contributed by atoms with Gasteiger partial charge >= 0.3 is 5.97 Å². The van der Waals surface area contributed by atoms with E-state index in [0.29, 0.717) is 11.6 Å². The topological polar surface area (TPSA) is 55.4 Å². The first-order valence-corrected chi connectivity index (χ1v) is 7.79. The van der Waals surface area contributed by atoms with Crippen molar-refractivity contribution in [3.63, 3.8) is 0 Å². The Balaban J connectivity index is 1.70. The molecule has 2 rings (SSSR count). The quantitative estimate of drug-likeness (QED) is 0.651. The molecule has 0 radical (unpaired) electrons. The third kappa shape index (κ3) is 5.71. The molecule has 0 aliphatic carbocycles. The van der Waals surface area contributed by atoms with Crippen LogP contribution in [-0.4, -0.2) is 18.5 Å². The van der Waals surface area contributed by atoms with Crippen molar-refractivity contribution < 1.29 is 14.3 Å². The van der Waals surface area contributed by atoms with E-state index in [2.05, 4.69) is 5.32 Å². The van der Waals surface area contributed by atoms with E-state index in [-0.39, 0.29) is 12.5 Å². The summed E-state index contributed by atoms with van der Waals surface area (Å²) in [6, 6.07) is 10.9. The predicted molar refractivity (Wildman–Crippen MR) is 87.6 cm³/mol. The SMILES string of the molecule is O=C(COC(=O)/C=C/c1cccs1)NCc1cccc(Cl)c1. The summed E-state index contributed by atoms with van der Waals surface area (Å²) in [6.07, 6.45) is 2.95. The first-order valence-electron chi connectivity index (χ1n) is 6.53. The molecule has 0 spiro atoms. The molecule has 4 nitrogen and oxygen atoms in total. The van der Waals surface area contributed by atoms with Gasteiger partial charge in [0.1, 0.15) is 0 Å². The number of thiophene rings is 1. The van der Waals surface area contributed by atoms with Crippen LogP contribution in [-0.2, 0) is 20.9 Å². The molecular weight excluding hydrogens is 322 g/mol. The van der Waals surface area contributed by atoms with Crippen molar-refractivity contribution in [2.24, 2.45) is 0 Å². The Bertz CT molecular complexity index is 668. The van der Waals surface area contributed by atoms with Gasteiger partial charge < -0.3 is 10.1 Å². The maximum Gasteiger partial charge on any atom is 0.331 e. The number of rotatable bonds is 6. The first kappa shape index (κ1) is 16.3. The Morgan fingerprint density at radius 1 is 1.27 bits per heavy atom. The Kier molecular flexibility index (Phi) is 6.18. The molecule has 0 fully saturated rings. The highest BCUT2D eigenvalue weighted by atomic mass is 35.5. The fraction of sp³-hybridized carbons (Fsp3) is 0.125. The molecule has 0 aliphatic heterocycles. The van der Waals surface area contributed by atoms with Crippen molar-refractivity contribution in [2.75, 3.05) is 6.61 Å². The maximum absolute atomic E-state index is 11.6. The molecule has 0 unspecified atom stereocenters. The molecule has 6 heteroatoms. The lowest BCUT2D eigenvalue weighted by molar-refractivity contribution is -0.143. The van der Waals surface area contributed by atoms with Gasteiger partial charge in [-0.05, 0) is 35.2 Å². The number of nitrogens with one attached hydrogen (secondary N) is 1. The summed E-state index contributed by atoms with van der Waals surface area (Å²) < 4.78 is 4.86. The standard InChI is InChI=1S/C16H14ClNO3S/c17-13-4-1-3-12(9-13)10-18-15(19)11-21-16(20)7-6-14-5-2-8-22-14/h1-9H,10-11H2,(H,18,19)/b7-6+. The summed E-state index contributed by atoms with van der Waals surface area (Å²) in [5.41, 5.74) is 0.879. The van der Waals surface area contributed by atoms with E-state index < -0.39 is 5.97 Å². The molecule has 0 saturated carbocycles. The van der Waals surface area contributed by atoms with Gasteiger partial charge in [-0.25, -0.2) is 4.79 Å². The molecule has 0 aliphatic rings. The van der Waals surface area contributed by atoms with Gasteiger partial charge in [-0.2, -0.15) is 0 Å². The summed E-state index contributed by atoms with van der Waals surface area (Å²) in [4.78, 5) is 24.0. The number of benzene rings is 1. The van der Waals surface area contributed by atoms with Crippen LogP contribution in [0, 0.1) is 0 Å². The predicted octanol–water partition coefficient (Wildman–Crippen LogP) is 3.27. The minimum absolute atomic E-state index is 0.311. The lowest BCUT2D eigenvalue weighted by atomic mass is 10.2. The molecule has 22 heavy (non-hydrogen) atoms. The summed E-state index contributed by atoms with van der Waals surface area (Å²) in [5, 5.41) is 5.17. The van der Waals surface area contributed by atoms with Gasteiger partial charge in [0.25, 0.3) is 5.91 Å². The van der Waals surface area contributed by atoms with E-state index in [9.17, 15) is 9.59 Å². The van der Waals surface area contributed by atoms with Gasteiger partial charge in [0.2, 0.25) is 0 Å². The van der Waals surface area contributed by atoms with Crippen LogP contribution < -0.4 is 5.32 Å². The van der Waals surface area contributed by atoms with E-state index in [1.807, 2.05) is 23.6 Å². The Morgan fingerprint density at radius 2 is 2.14 bits per heavy atom. The van der Waals surface area contributed by atoms with Gasteiger partial charge in [-0.1, -0.05) is 29.8 Å². The number of carbonyl (C=O) groups is 2. The van der Waals surface area contributed by atoms with Gasteiger partial charge in [-0.3, -0.25) is 4.79 Å². The van der Waals surface area contributed by atoms with Crippen molar-refractivity contribution >= 4 is 40.9 Å². The first-order chi connectivity index (χ1) is 10.6. The number of hydrogen-bond acceptors (Lipinski definition) is 4. The summed E-state index contributed by atoms with van der Waals surface area (Å²) >= 11 is 7.36. The molecule has 1 aromatic heterocycles. The third-order valence-corrected chi connectivity index (χ3v) is 3.72. The van der Waals surface area contributed by atoms with Crippen molar-refractivity contribution in [1.82, 2.24) is 5.32 Å². The van der Waals surface area contributed by atoms with E-state index in [1.165, 1.54) is 17.4 Å². The number of ether oxygens (including phenoxy) is 1. The van der Waals surface area contributed by atoms with Gasteiger partial charge in [0.15, 0.2) is 6.61 Å². The molecule has 1 N–H and O–H groups in total. The molecule has 1 heterocycles. The second-order valence-corrected chi connectivity index (χ2v) is 5.78. The van der Waals surface area contributed by atoms with Crippen molar-refractivity contribution in [1.29, 1.82) is 0 Å².